The van der Waals surface area contributed by atoms with Crippen molar-refractivity contribution in [2.45, 2.75) is 51.5 Å². The molecule has 37 heavy (non-hydrogen) atoms. The maximum Gasteiger partial charge on any atom is 0.234 e. The number of benzene rings is 3. The molecule has 0 bridgehead atoms. The van der Waals surface area contributed by atoms with Gasteiger partial charge in [0, 0.05) is 5.69 Å². The lowest BCUT2D eigenvalue weighted by Gasteiger charge is -2.32. The molecule has 1 atom stereocenters. The van der Waals surface area contributed by atoms with Crippen LogP contribution in [-0.2, 0) is 17.8 Å². The summed E-state index contributed by atoms with van der Waals surface area (Å²) in [6.45, 7) is 4.70. The van der Waals surface area contributed by atoms with Gasteiger partial charge in [-0.3, -0.25) is 4.79 Å². The molecule has 0 spiro atoms. The van der Waals surface area contributed by atoms with Crippen LogP contribution in [0.25, 0.3) is 0 Å². The van der Waals surface area contributed by atoms with E-state index in [9.17, 15) is 4.79 Å². The van der Waals surface area contributed by atoms with E-state index in [1.165, 1.54) is 11.1 Å². The second kappa shape index (κ2) is 11.6. The summed E-state index contributed by atoms with van der Waals surface area (Å²) in [4.78, 5) is 16.2. The number of ether oxygens (including phenoxy) is 4. The van der Waals surface area contributed by atoms with Gasteiger partial charge in [0.2, 0.25) is 11.7 Å². The van der Waals surface area contributed by atoms with Gasteiger partial charge in [-0.2, -0.15) is 0 Å². The van der Waals surface area contributed by atoms with Crippen molar-refractivity contribution in [1.29, 1.82) is 0 Å². The number of hydrogen-bond donors (Lipinski definition) is 0. The van der Waals surface area contributed by atoms with Crippen molar-refractivity contribution in [2.75, 3.05) is 33.3 Å². The molecular formula is C31H37NO5. The molecule has 6 heteroatoms. The predicted molar refractivity (Wildman–Crippen MR) is 146 cm³/mol. The number of fused-ring (bicyclic) bond motifs is 1. The van der Waals surface area contributed by atoms with Gasteiger partial charge in [0.1, 0.15) is 5.75 Å². The summed E-state index contributed by atoms with van der Waals surface area (Å²) < 4.78 is 22.1. The van der Waals surface area contributed by atoms with Crippen LogP contribution >= 0.6 is 0 Å². The number of rotatable bonds is 9. The first-order valence-corrected chi connectivity index (χ1v) is 12.8. The van der Waals surface area contributed by atoms with Crippen LogP contribution in [0.4, 0.5) is 5.69 Å². The maximum atomic E-state index is 14.3. The molecule has 0 aromatic heterocycles. The topological polar surface area (TPSA) is 57.2 Å². The zero-order valence-corrected chi connectivity index (χ0v) is 22.7. The summed E-state index contributed by atoms with van der Waals surface area (Å²) in [5.41, 5.74) is 5.25. The highest BCUT2D eigenvalue weighted by Crippen LogP contribution is 2.40. The summed E-state index contributed by atoms with van der Waals surface area (Å²) >= 11 is 0. The number of carbonyl (C=O) groups excluding carboxylic acids is 1. The van der Waals surface area contributed by atoms with Gasteiger partial charge in [0.15, 0.2) is 11.5 Å². The third-order valence-electron chi connectivity index (χ3n) is 7.17. The third kappa shape index (κ3) is 5.53. The molecule has 196 valence electrons. The van der Waals surface area contributed by atoms with Crippen LogP contribution in [0.5, 0.6) is 23.0 Å². The summed E-state index contributed by atoms with van der Waals surface area (Å²) in [5, 5.41) is 0. The number of methoxy groups -OCH3 is 4. The summed E-state index contributed by atoms with van der Waals surface area (Å²) in [6.07, 6.45) is 2.74. The lowest BCUT2D eigenvalue weighted by Crippen LogP contribution is -2.36. The van der Waals surface area contributed by atoms with Gasteiger partial charge in [0.25, 0.3) is 0 Å². The first-order valence-electron chi connectivity index (χ1n) is 12.8. The van der Waals surface area contributed by atoms with Gasteiger partial charge in [-0.25, -0.2) is 0 Å². The molecule has 3 aromatic rings. The van der Waals surface area contributed by atoms with Crippen LogP contribution in [0.1, 0.15) is 60.8 Å². The summed E-state index contributed by atoms with van der Waals surface area (Å²) in [5.74, 6) is 2.66. The zero-order chi connectivity index (χ0) is 26.5. The van der Waals surface area contributed by atoms with Crippen LogP contribution in [0.3, 0.4) is 0 Å². The van der Waals surface area contributed by atoms with E-state index in [4.69, 9.17) is 18.9 Å². The monoisotopic (exact) mass is 503 g/mol. The van der Waals surface area contributed by atoms with Gasteiger partial charge in [-0.05, 0) is 83.8 Å². The van der Waals surface area contributed by atoms with Gasteiger partial charge in [0.05, 0.1) is 40.9 Å². The van der Waals surface area contributed by atoms with Crippen LogP contribution in [0.15, 0.2) is 54.6 Å². The minimum Gasteiger partial charge on any atom is -0.497 e. The fourth-order valence-electron chi connectivity index (χ4n) is 5.09. The van der Waals surface area contributed by atoms with Crippen LogP contribution in [0.2, 0.25) is 0 Å². The van der Waals surface area contributed by atoms with Crippen molar-refractivity contribution in [3.05, 3.63) is 76.9 Å². The second-order valence-corrected chi connectivity index (χ2v) is 9.71. The van der Waals surface area contributed by atoms with Crippen molar-refractivity contribution >= 4 is 11.6 Å². The molecule has 1 aliphatic rings. The molecule has 1 aliphatic carbocycles. The van der Waals surface area contributed by atoms with Gasteiger partial charge in [-0.1, -0.05) is 32.0 Å². The molecule has 0 saturated heterocycles. The third-order valence-corrected chi connectivity index (χ3v) is 7.17. The van der Waals surface area contributed by atoms with Crippen molar-refractivity contribution in [2.24, 2.45) is 0 Å². The number of nitrogens with zero attached hydrogens (tertiary/aromatic N) is 1. The van der Waals surface area contributed by atoms with Gasteiger partial charge >= 0.3 is 0 Å². The Balaban J connectivity index is 1.77. The molecule has 3 aromatic carbocycles. The summed E-state index contributed by atoms with van der Waals surface area (Å²) in [7, 11) is 6.44. The average molecular weight is 504 g/mol. The summed E-state index contributed by atoms with van der Waals surface area (Å²) in [6, 6.07) is 18.2. The van der Waals surface area contributed by atoms with Gasteiger partial charge in [-0.15, -0.1) is 0 Å². The first kappa shape index (κ1) is 26.4. The quantitative estimate of drug-likeness (QED) is 0.334. The SMILES string of the molecule is COc1ccc2c(c1)C(C(=O)N(Cc1cc(OC)c(OC)c(OC)c1)c1ccc(C(C)C)cc1)CCC2. The normalized spacial score (nSPS) is 14.6. The van der Waals surface area contributed by atoms with Crippen molar-refractivity contribution < 1.29 is 23.7 Å². The highest BCUT2D eigenvalue weighted by atomic mass is 16.5. The highest BCUT2D eigenvalue weighted by Gasteiger charge is 2.32. The lowest BCUT2D eigenvalue weighted by molar-refractivity contribution is -0.120. The number of aryl methyl sites for hydroxylation is 1. The Kier molecular flexibility index (Phi) is 8.27. The fraction of sp³-hybridized carbons (Fsp3) is 0.387. The van der Waals surface area contributed by atoms with Crippen molar-refractivity contribution in [3.8, 4) is 23.0 Å². The first-order chi connectivity index (χ1) is 17.9. The molecule has 0 saturated carbocycles. The number of amides is 1. The fourth-order valence-corrected chi connectivity index (χ4v) is 5.09. The zero-order valence-electron chi connectivity index (χ0n) is 22.7. The molecule has 0 N–H and O–H groups in total. The minimum absolute atomic E-state index is 0.0697. The number of hydrogen-bond acceptors (Lipinski definition) is 5. The van der Waals surface area contributed by atoms with Gasteiger partial charge < -0.3 is 23.8 Å². The van der Waals surface area contributed by atoms with Crippen LogP contribution in [-0.4, -0.2) is 34.3 Å². The molecule has 1 amide bonds. The lowest BCUT2D eigenvalue weighted by atomic mass is 9.81. The molecule has 0 radical (unpaired) electrons. The molecule has 4 rings (SSSR count). The molecule has 0 fully saturated rings. The Labute approximate surface area is 220 Å². The molecule has 0 aliphatic heterocycles. The molecule has 0 heterocycles. The van der Waals surface area contributed by atoms with E-state index in [0.717, 1.165) is 41.8 Å². The predicted octanol–water partition coefficient (Wildman–Crippen LogP) is 6.50. The Hall–Kier alpha value is -3.67. The van der Waals surface area contributed by atoms with Crippen molar-refractivity contribution in [3.63, 3.8) is 0 Å². The average Bonchev–Trinajstić information content (AvgIpc) is 2.94. The number of anilines is 1. The highest BCUT2D eigenvalue weighted by molar-refractivity contribution is 5.98. The van der Waals surface area contributed by atoms with E-state index in [1.54, 1.807) is 28.4 Å². The molecular weight excluding hydrogens is 466 g/mol. The van der Waals surface area contributed by atoms with E-state index in [0.29, 0.717) is 29.7 Å². The Morgan fingerprint density at radius 1 is 0.892 bits per heavy atom. The Morgan fingerprint density at radius 3 is 2.14 bits per heavy atom. The molecule has 6 nitrogen and oxygen atoms in total. The molecule has 1 unspecified atom stereocenters. The van der Waals surface area contributed by atoms with Crippen LogP contribution < -0.4 is 23.8 Å². The Morgan fingerprint density at radius 2 is 1.57 bits per heavy atom. The van der Waals surface area contributed by atoms with E-state index in [2.05, 4.69) is 32.0 Å². The Bertz CT molecular complexity index is 1210. The van der Waals surface area contributed by atoms with E-state index in [-0.39, 0.29) is 11.8 Å². The van der Waals surface area contributed by atoms with E-state index >= 15 is 0 Å². The van der Waals surface area contributed by atoms with E-state index in [1.807, 2.05) is 41.3 Å². The standard InChI is InChI=1S/C31H37NO5/c1-20(2)22-10-13-24(14-11-22)32(19-21-16-28(35-4)30(37-6)29(17-21)36-5)31(33)26-9-7-8-23-12-15-25(34-3)18-27(23)26/h10-18,20,26H,7-9,19H2,1-6H3. The minimum atomic E-state index is -0.245. The van der Waals surface area contributed by atoms with Crippen LogP contribution in [0, 0.1) is 0 Å². The largest absolute Gasteiger partial charge is 0.497 e. The second-order valence-electron chi connectivity index (χ2n) is 9.71. The maximum absolute atomic E-state index is 14.3. The smallest absolute Gasteiger partial charge is 0.234 e. The van der Waals surface area contributed by atoms with E-state index < -0.39 is 0 Å². The number of carbonyl (C=O) groups is 1. The van der Waals surface area contributed by atoms with Crippen molar-refractivity contribution in [1.82, 2.24) is 0 Å².